The molecule has 0 aliphatic carbocycles. The van der Waals surface area contributed by atoms with Gasteiger partial charge in [-0.3, -0.25) is 9.69 Å². The number of carbonyl (C=O) groups excluding carboxylic acids is 1. The van der Waals surface area contributed by atoms with Gasteiger partial charge in [0, 0.05) is 6.54 Å². The summed E-state index contributed by atoms with van der Waals surface area (Å²) in [5.74, 6) is 0.581. The molecule has 0 bridgehead atoms. The van der Waals surface area contributed by atoms with E-state index in [2.05, 4.69) is 0 Å². The molecule has 0 spiro atoms. The van der Waals surface area contributed by atoms with Crippen LogP contribution in [0.15, 0.2) is 29.2 Å². The van der Waals surface area contributed by atoms with Crippen LogP contribution in [0.3, 0.4) is 0 Å². The molecule has 1 aliphatic heterocycles. The van der Waals surface area contributed by atoms with E-state index in [9.17, 15) is 4.79 Å². The molecule has 6 heteroatoms. The minimum Gasteiger partial charge on any atom is -0.479 e. The summed E-state index contributed by atoms with van der Waals surface area (Å²) < 4.78 is 5.76. The molecule has 2 rings (SSSR count). The smallest absolute Gasteiger partial charge is 0.266 e. The molecular formula is C14H12N2O2S2. The van der Waals surface area contributed by atoms with Crippen LogP contribution in [0.2, 0.25) is 0 Å². The standard InChI is InChI=1S/C14H12N2O2S2/c1-2-16-13(17)12(20-14(16)19)9-10-3-5-11(6-4-10)18-8-7-15/h3-6,9H,2,8H2,1H3/b12-9+. The molecule has 1 fully saturated rings. The van der Waals surface area contributed by atoms with Crippen LogP contribution in [0.4, 0.5) is 0 Å². The van der Waals surface area contributed by atoms with Crippen LogP contribution < -0.4 is 4.74 Å². The predicted molar refractivity (Wildman–Crippen MR) is 83.1 cm³/mol. The zero-order valence-corrected chi connectivity index (χ0v) is 12.5. The van der Waals surface area contributed by atoms with Crippen LogP contribution in [0.1, 0.15) is 12.5 Å². The lowest BCUT2D eigenvalue weighted by molar-refractivity contribution is -0.121. The molecule has 0 N–H and O–H groups in total. The number of nitriles is 1. The van der Waals surface area contributed by atoms with Crippen LogP contribution in [-0.4, -0.2) is 28.3 Å². The van der Waals surface area contributed by atoms with Gasteiger partial charge in [0.15, 0.2) is 6.61 Å². The average molecular weight is 304 g/mol. The molecule has 0 atom stereocenters. The van der Waals surface area contributed by atoms with E-state index in [-0.39, 0.29) is 12.5 Å². The second kappa shape index (κ2) is 6.55. The number of nitrogens with zero attached hydrogens (tertiary/aromatic N) is 2. The van der Waals surface area contributed by atoms with Crippen molar-refractivity contribution in [3.05, 3.63) is 34.7 Å². The van der Waals surface area contributed by atoms with E-state index < -0.39 is 0 Å². The minimum atomic E-state index is -0.0488. The number of hydrogen-bond acceptors (Lipinski definition) is 5. The SMILES string of the molecule is CCN1C(=O)/C(=C\c2ccc(OCC#N)cc2)SC1=S. The second-order valence-electron chi connectivity index (χ2n) is 3.94. The average Bonchev–Trinajstić information content (AvgIpc) is 2.72. The summed E-state index contributed by atoms with van der Waals surface area (Å²) in [5, 5.41) is 8.43. The van der Waals surface area contributed by atoms with Gasteiger partial charge >= 0.3 is 0 Å². The van der Waals surface area contributed by atoms with Gasteiger partial charge in [0.25, 0.3) is 5.91 Å². The third-order valence-corrected chi connectivity index (χ3v) is 4.05. The zero-order chi connectivity index (χ0) is 14.5. The Hall–Kier alpha value is -1.84. The fourth-order valence-electron chi connectivity index (χ4n) is 1.70. The number of amides is 1. The third-order valence-electron chi connectivity index (χ3n) is 2.67. The molecule has 4 nitrogen and oxygen atoms in total. The number of ether oxygens (including phenoxy) is 1. The first kappa shape index (κ1) is 14.6. The van der Waals surface area contributed by atoms with E-state index in [0.29, 0.717) is 21.5 Å². The molecule has 1 aromatic carbocycles. The van der Waals surface area contributed by atoms with Gasteiger partial charge in [0.05, 0.1) is 4.91 Å². The number of carbonyl (C=O) groups is 1. The molecule has 1 heterocycles. The van der Waals surface area contributed by atoms with Gasteiger partial charge in [0.1, 0.15) is 16.1 Å². The molecular weight excluding hydrogens is 292 g/mol. The molecule has 1 amide bonds. The Morgan fingerprint density at radius 2 is 2.15 bits per heavy atom. The summed E-state index contributed by atoms with van der Waals surface area (Å²) in [6.07, 6.45) is 1.81. The minimum absolute atomic E-state index is 0.0223. The number of thiocarbonyl (C=S) groups is 1. The van der Waals surface area contributed by atoms with Crippen LogP contribution in [0.5, 0.6) is 5.75 Å². The number of thioether (sulfide) groups is 1. The lowest BCUT2D eigenvalue weighted by Crippen LogP contribution is -2.27. The fraction of sp³-hybridized carbons (Fsp3) is 0.214. The Labute approximate surface area is 127 Å². The highest BCUT2D eigenvalue weighted by atomic mass is 32.2. The highest BCUT2D eigenvalue weighted by Gasteiger charge is 2.30. The molecule has 0 saturated carbocycles. The van der Waals surface area contributed by atoms with Gasteiger partial charge in [-0.05, 0) is 30.7 Å². The van der Waals surface area contributed by atoms with Crippen molar-refractivity contribution in [2.45, 2.75) is 6.92 Å². The first-order valence-corrected chi connectivity index (χ1v) is 7.23. The third kappa shape index (κ3) is 3.18. The van der Waals surface area contributed by atoms with Gasteiger partial charge in [-0.15, -0.1) is 0 Å². The van der Waals surface area contributed by atoms with Gasteiger partial charge in [0.2, 0.25) is 0 Å². The largest absolute Gasteiger partial charge is 0.479 e. The zero-order valence-electron chi connectivity index (χ0n) is 10.8. The second-order valence-corrected chi connectivity index (χ2v) is 5.62. The maximum atomic E-state index is 12.0. The topological polar surface area (TPSA) is 53.3 Å². The highest BCUT2D eigenvalue weighted by Crippen LogP contribution is 2.32. The van der Waals surface area contributed by atoms with Crippen molar-refractivity contribution in [3.8, 4) is 11.8 Å². The summed E-state index contributed by atoms with van der Waals surface area (Å²) >= 11 is 6.47. The molecule has 20 heavy (non-hydrogen) atoms. The van der Waals surface area contributed by atoms with E-state index >= 15 is 0 Å². The van der Waals surface area contributed by atoms with Crippen molar-refractivity contribution in [3.63, 3.8) is 0 Å². The lowest BCUT2D eigenvalue weighted by atomic mass is 10.2. The Morgan fingerprint density at radius 1 is 1.45 bits per heavy atom. The van der Waals surface area contributed by atoms with Crippen molar-refractivity contribution >= 4 is 40.3 Å². The van der Waals surface area contributed by atoms with Crippen LogP contribution >= 0.6 is 24.0 Å². The maximum absolute atomic E-state index is 12.0. The quantitative estimate of drug-likeness (QED) is 0.632. The Bertz CT molecular complexity index is 603. The van der Waals surface area contributed by atoms with E-state index in [1.807, 2.05) is 31.2 Å². The van der Waals surface area contributed by atoms with Crippen molar-refractivity contribution in [2.75, 3.05) is 13.2 Å². The predicted octanol–water partition coefficient (Wildman–Crippen LogP) is 2.81. The summed E-state index contributed by atoms with van der Waals surface area (Å²) in [4.78, 5) is 14.3. The van der Waals surface area contributed by atoms with E-state index in [0.717, 1.165) is 5.56 Å². The highest BCUT2D eigenvalue weighted by molar-refractivity contribution is 8.26. The maximum Gasteiger partial charge on any atom is 0.266 e. The van der Waals surface area contributed by atoms with Crippen LogP contribution in [0.25, 0.3) is 6.08 Å². The Balaban J connectivity index is 2.14. The number of rotatable bonds is 4. The molecule has 0 unspecified atom stereocenters. The number of likely N-dealkylation sites (N-methyl/N-ethyl adjacent to an activating group) is 1. The summed E-state index contributed by atoms with van der Waals surface area (Å²) in [6.45, 7) is 2.51. The first-order valence-electron chi connectivity index (χ1n) is 6.01. The van der Waals surface area contributed by atoms with Gasteiger partial charge < -0.3 is 4.74 Å². The van der Waals surface area contributed by atoms with Crippen LogP contribution in [0, 0.1) is 11.3 Å². The molecule has 102 valence electrons. The van der Waals surface area contributed by atoms with E-state index in [1.165, 1.54) is 11.8 Å². The summed E-state index contributed by atoms with van der Waals surface area (Å²) in [6, 6.07) is 9.12. The molecule has 1 aliphatic rings. The fourth-order valence-corrected chi connectivity index (χ4v) is 3.08. The normalized spacial score (nSPS) is 16.6. The molecule has 0 aromatic heterocycles. The Morgan fingerprint density at radius 3 is 2.70 bits per heavy atom. The van der Waals surface area contributed by atoms with Crippen molar-refractivity contribution in [2.24, 2.45) is 0 Å². The molecule has 1 aromatic rings. The van der Waals surface area contributed by atoms with Gasteiger partial charge in [-0.25, -0.2) is 0 Å². The van der Waals surface area contributed by atoms with Crippen molar-refractivity contribution in [1.29, 1.82) is 5.26 Å². The summed E-state index contributed by atoms with van der Waals surface area (Å²) in [7, 11) is 0. The first-order chi connectivity index (χ1) is 9.65. The molecule has 1 saturated heterocycles. The van der Waals surface area contributed by atoms with Crippen molar-refractivity contribution in [1.82, 2.24) is 4.90 Å². The lowest BCUT2D eigenvalue weighted by Gasteiger charge is -2.09. The van der Waals surface area contributed by atoms with Gasteiger partial charge in [-0.2, -0.15) is 5.26 Å². The van der Waals surface area contributed by atoms with E-state index in [1.54, 1.807) is 17.0 Å². The van der Waals surface area contributed by atoms with Gasteiger partial charge in [-0.1, -0.05) is 36.1 Å². The monoisotopic (exact) mass is 304 g/mol. The Kier molecular flexibility index (Phi) is 4.77. The summed E-state index contributed by atoms with van der Waals surface area (Å²) in [5.41, 5.74) is 0.894. The number of hydrogen-bond donors (Lipinski definition) is 0. The number of benzene rings is 1. The molecule has 0 radical (unpaired) electrons. The van der Waals surface area contributed by atoms with Crippen LogP contribution in [-0.2, 0) is 4.79 Å². The van der Waals surface area contributed by atoms with E-state index in [4.69, 9.17) is 22.2 Å². The van der Waals surface area contributed by atoms with Crippen molar-refractivity contribution < 1.29 is 9.53 Å².